The van der Waals surface area contributed by atoms with Gasteiger partial charge in [-0.25, -0.2) is 9.50 Å². The molecule has 0 saturated heterocycles. The highest BCUT2D eigenvalue weighted by Gasteiger charge is 2.14. The maximum Gasteiger partial charge on any atom is 0.282 e. The molecule has 0 amide bonds. The van der Waals surface area contributed by atoms with Crippen molar-refractivity contribution < 1.29 is 0 Å². The molecular weight excluding hydrogens is 286 g/mol. The molecule has 0 aliphatic heterocycles. The van der Waals surface area contributed by atoms with Gasteiger partial charge in [0.25, 0.3) is 5.56 Å². The summed E-state index contributed by atoms with van der Waals surface area (Å²) >= 11 is 1.61. The lowest BCUT2D eigenvalue weighted by Crippen LogP contribution is -2.17. The first-order valence-electron chi connectivity index (χ1n) is 6.37. The molecule has 21 heavy (non-hydrogen) atoms. The van der Waals surface area contributed by atoms with E-state index in [0.717, 1.165) is 10.4 Å². The Morgan fingerprint density at radius 3 is 2.90 bits per heavy atom. The monoisotopic (exact) mass is 297 g/mol. The molecule has 0 saturated carbocycles. The van der Waals surface area contributed by atoms with Gasteiger partial charge in [0.15, 0.2) is 5.65 Å². The van der Waals surface area contributed by atoms with E-state index >= 15 is 0 Å². The molecule has 0 aromatic carbocycles. The number of rotatable bonds is 2. The number of aromatic amines is 1. The van der Waals surface area contributed by atoms with E-state index in [2.05, 4.69) is 15.2 Å². The largest absolute Gasteiger partial charge is 0.296 e. The van der Waals surface area contributed by atoms with Gasteiger partial charge in [0, 0.05) is 30.5 Å². The van der Waals surface area contributed by atoms with Gasteiger partial charge in [-0.15, -0.1) is 11.3 Å². The number of nitrogens with one attached hydrogen (secondary N) is 1. The van der Waals surface area contributed by atoms with Crippen LogP contribution in [0.4, 0.5) is 0 Å². The Kier molecular flexibility index (Phi) is 2.55. The van der Waals surface area contributed by atoms with E-state index in [1.165, 1.54) is 4.52 Å². The van der Waals surface area contributed by atoms with Gasteiger partial charge in [-0.3, -0.25) is 14.6 Å². The summed E-state index contributed by atoms with van der Waals surface area (Å²) in [5.74, 6) is 0. The third-order valence-electron chi connectivity index (χ3n) is 3.32. The predicted octanol–water partition coefficient (Wildman–Crippen LogP) is 2.15. The van der Waals surface area contributed by atoms with E-state index in [1.54, 1.807) is 40.7 Å². The molecule has 0 fully saturated rings. The van der Waals surface area contributed by atoms with E-state index in [4.69, 9.17) is 0 Å². The summed E-state index contributed by atoms with van der Waals surface area (Å²) in [6.07, 6.45) is 5.19. The lowest BCUT2D eigenvalue weighted by molar-refractivity contribution is 0.769. The third kappa shape index (κ3) is 1.82. The van der Waals surface area contributed by atoms with Crippen LogP contribution in [0.5, 0.6) is 0 Å². The summed E-state index contributed by atoms with van der Waals surface area (Å²) in [6, 6.07) is 5.78. The molecule has 0 spiro atoms. The van der Waals surface area contributed by atoms with Crippen LogP contribution < -0.4 is 5.56 Å². The molecule has 0 aliphatic rings. The van der Waals surface area contributed by atoms with E-state index in [1.807, 2.05) is 24.6 Å². The molecule has 4 heterocycles. The number of aryl methyl sites for hydroxylation is 1. The van der Waals surface area contributed by atoms with E-state index in [0.29, 0.717) is 16.9 Å². The van der Waals surface area contributed by atoms with E-state index in [9.17, 15) is 4.79 Å². The summed E-state index contributed by atoms with van der Waals surface area (Å²) < 4.78 is 3.12. The van der Waals surface area contributed by atoms with Crippen molar-refractivity contribution in [2.24, 2.45) is 7.05 Å². The molecule has 0 radical (unpaired) electrons. The Balaban J connectivity index is 1.95. The smallest absolute Gasteiger partial charge is 0.282 e. The minimum Gasteiger partial charge on any atom is -0.296 e. The Bertz CT molecular complexity index is 977. The zero-order valence-electron chi connectivity index (χ0n) is 11.1. The van der Waals surface area contributed by atoms with Crippen molar-refractivity contribution in [1.29, 1.82) is 0 Å². The molecule has 1 N–H and O–H groups in total. The number of fused-ring (bicyclic) bond motifs is 1. The Labute approximate surface area is 123 Å². The molecule has 4 aromatic heterocycles. The van der Waals surface area contributed by atoms with Crippen molar-refractivity contribution >= 4 is 17.0 Å². The third-order valence-corrected chi connectivity index (χ3v) is 4.22. The standard InChI is InChI=1S/C14H11N5OS/c1-18-5-4-11(17-18)9-7-15-13-10(12-3-2-6-21-12)8-16-19(13)14(9)20/h2-8,16H,1H3. The first kappa shape index (κ1) is 12.1. The van der Waals surface area contributed by atoms with Gasteiger partial charge in [0.05, 0.1) is 16.8 Å². The maximum absolute atomic E-state index is 12.6. The summed E-state index contributed by atoms with van der Waals surface area (Å²) in [7, 11) is 1.82. The molecule has 4 aromatic rings. The fourth-order valence-corrected chi connectivity index (χ4v) is 3.04. The SMILES string of the molecule is Cn1ccc(-c2cnc3c(-c4cccs4)c[nH]n3c2=O)n1. The Morgan fingerprint density at radius 2 is 2.19 bits per heavy atom. The number of thiophene rings is 1. The van der Waals surface area contributed by atoms with Crippen molar-refractivity contribution in [1.82, 2.24) is 24.4 Å². The van der Waals surface area contributed by atoms with Gasteiger partial charge < -0.3 is 0 Å². The second kappa shape index (κ2) is 4.42. The molecule has 6 nitrogen and oxygen atoms in total. The van der Waals surface area contributed by atoms with Crippen molar-refractivity contribution in [2.45, 2.75) is 0 Å². The number of hydrogen-bond donors (Lipinski definition) is 1. The minimum atomic E-state index is -0.151. The lowest BCUT2D eigenvalue weighted by Gasteiger charge is -1.99. The van der Waals surface area contributed by atoms with E-state index in [-0.39, 0.29) is 5.56 Å². The van der Waals surface area contributed by atoms with Gasteiger partial charge in [0.1, 0.15) is 0 Å². The van der Waals surface area contributed by atoms with Crippen molar-refractivity contribution in [3.05, 3.63) is 52.5 Å². The summed E-state index contributed by atoms with van der Waals surface area (Å²) in [6.45, 7) is 0. The van der Waals surface area contributed by atoms with Crippen LogP contribution in [-0.2, 0) is 7.05 Å². The summed E-state index contributed by atoms with van der Waals surface area (Å²) in [5.41, 5.74) is 2.50. The van der Waals surface area contributed by atoms with Crippen LogP contribution >= 0.6 is 11.3 Å². The van der Waals surface area contributed by atoms with Crippen LogP contribution in [0, 0.1) is 0 Å². The van der Waals surface area contributed by atoms with Crippen molar-refractivity contribution in [3.8, 4) is 21.7 Å². The van der Waals surface area contributed by atoms with Gasteiger partial charge in [-0.1, -0.05) is 6.07 Å². The Hall–Kier alpha value is -2.67. The first-order valence-corrected chi connectivity index (χ1v) is 7.25. The molecule has 104 valence electrons. The fourth-order valence-electron chi connectivity index (χ4n) is 2.31. The zero-order valence-corrected chi connectivity index (χ0v) is 12.0. The second-order valence-corrected chi connectivity index (χ2v) is 5.62. The summed E-state index contributed by atoms with van der Waals surface area (Å²) in [4.78, 5) is 18.1. The van der Waals surface area contributed by atoms with Crippen LogP contribution in [0.3, 0.4) is 0 Å². The van der Waals surface area contributed by atoms with Gasteiger partial charge in [0.2, 0.25) is 0 Å². The zero-order chi connectivity index (χ0) is 14.4. The molecule has 0 bridgehead atoms. The highest BCUT2D eigenvalue weighted by molar-refractivity contribution is 7.13. The van der Waals surface area contributed by atoms with Crippen LogP contribution in [0.25, 0.3) is 27.3 Å². The molecule has 7 heteroatoms. The van der Waals surface area contributed by atoms with E-state index < -0.39 is 0 Å². The number of H-pyrrole nitrogens is 1. The maximum atomic E-state index is 12.6. The average Bonchev–Trinajstić information content (AvgIpc) is 3.17. The topological polar surface area (TPSA) is 68.0 Å². The number of aromatic nitrogens is 5. The van der Waals surface area contributed by atoms with Crippen LogP contribution in [-0.4, -0.2) is 24.4 Å². The van der Waals surface area contributed by atoms with Gasteiger partial charge >= 0.3 is 0 Å². The lowest BCUT2D eigenvalue weighted by atomic mass is 10.2. The van der Waals surface area contributed by atoms with Crippen LogP contribution in [0.15, 0.2) is 47.0 Å². The van der Waals surface area contributed by atoms with Gasteiger partial charge in [-0.2, -0.15) is 5.10 Å². The molecule has 0 aliphatic carbocycles. The summed E-state index contributed by atoms with van der Waals surface area (Å²) in [5, 5.41) is 9.23. The average molecular weight is 297 g/mol. The van der Waals surface area contributed by atoms with Crippen LogP contribution in [0.2, 0.25) is 0 Å². The van der Waals surface area contributed by atoms with Gasteiger partial charge in [-0.05, 0) is 17.5 Å². The molecule has 4 rings (SSSR count). The van der Waals surface area contributed by atoms with Crippen LogP contribution in [0.1, 0.15) is 0 Å². The molecule has 0 unspecified atom stereocenters. The quantitative estimate of drug-likeness (QED) is 0.616. The highest BCUT2D eigenvalue weighted by Crippen LogP contribution is 2.27. The highest BCUT2D eigenvalue weighted by atomic mass is 32.1. The van der Waals surface area contributed by atoms with Crippen molar-refractivity contribution in [3.63, 3.8) is 0 Å². The normalized spacial score (nSPS) is 11.3. The first-order chi connectivity index (χ1) is 10.2. The molecular formula is C14H11N5OS. The van der Waals surface area contributed by atoms with Crippen molar-refractivity contribution in [2.75, 3.05) is 0 Å². The minimum absolute atomic E-state index is 0.151. The second-order valence-electron chi connectivity index (χ2n) is 4.68. The Morgan fingerprint density at radius 1 is 1.29 bits per heavy atom. The fraction of sp³-hybridized carbons (Fsp3) is 0.0714. The molecule has 0 atom stereocenters. The number of hydrogen-bond acceptors (Lipinski definition) is 4. The predicted molar refractivity (Wildman–Crippen MR) is 81.3 cm³/mol. The number of nitrogens with zero attached hydrogens (tertiary/aromatic N) is 4.